The molecule has 1 aliphatic rings. The van der Waals surface area contributed by atoms with Gasteiger partial charge >= 0.3 is 0 Å². The van der Waals surface area contributed by atoms with E-state index in [4.69, 9.17) is 5.73 Å². The number of aromatic nitrogens is 2. The lowest BCUT2D eigenvalue weighted by molar-refractivity contribution is 0.291. The van der Waals surface area contributed by atoms with Gasteiger partial charge in [-0.25, -0.2) is 4.98 Å². The molecule has 1 aromatic heterocycles. The quantitative estimate of drug-likeness (QED) is 0.763. The highest BCUT2D eigenvalue weighted by Gasteiger charge is 2.15. The van der Waals surface area contributed by atoms with Crippen LogP contribution in [0, 0.1) is 0 Å². The Morgan fingerprint density at radius 3 is 3.00 bits per heavy atom. The lowest BCUT2D eigenvalue weighted by atomic mass is 10.3. The van der Waals surface area contributed by atoms with Gasteiger partial charge in [0.1, 0.15) is 5.82 Å². The fourth-order valence-corrected chi connectivity index (χ4v) is 2.27. The summed E-state index contributed by atoms with van der Waals surface area (Å²) in [5.41, 5.74) is 5.44. The minimum absolute atomic E-state index is 0.0933. The van der Waals surface area contributed by atoms with Crippen LogP contribution in [0.3, 0.4) is 0 Å². The highest BCUT2D eigenvalue weighted by atomic mass is 16.1. The Bertz CT molecular complexity index is 419. The van der Waals surface area contributed by atoms with E-state index >= 15 is 0 Å². The first kappa shape index (κ1) is 13.0. The fraction of sp³-hybridized carbons (Fsp3) is 0.667. The van der Waals surface area contributed by atoms with Crippen LogP contribution in [-0.4, -0.2) is 54.1 Å². The van der Waals surface area contributed by atoms with Gasteiger partial charge < -0.3 is 20.5 Å². The zero-order chi connectivity index (χ0) is 12.8. The molecule has 0 aromatic carbocycles. The van der Waals surface area contributed by atoms with E-state index in [-0.39, 0.29) is 5.56 Å². The van der Waals surface area contributed by atoms with E-state index in [0.717, 1.165) is 57.9 Å². The molecule has 2 heterocycles. The maximum Gasteiger partial charge on any atom is 0.252 e. The number of rotatable bonds is 4. The summed E-state index contributed by atoms with van der Waals surface area (Å²) in [6.07, 6.45) is 3.61. The third-order valence-electron chi connectivity index (χ3n) is 3.25. The van der Waals surface area contributed by atoms with Crippen LogP contribution in [0.15, 0.2) is 17.2 Å². The standard InChI is InChI=1S/C12H21N5O/c13-3-1-4-16-5-2-6-17(8-7-16)11-9-12(18)15-10-14-11/h9-10H,1-8,13H2,(H,14,15,18). The third kappa shape index (κ3) is 3.54. The molecule has 0 aliphatic carbocycles. The Morgan fingerprint density at radius 1 is 1.33 bits per heavy atom. The molecule has 1 saturated heterocycles. The van der Waals surface area contributed by atoms with Gasteiger partial charge in [0.15, 0.2) is 0 Å². The van der Waals surface area contributed by atoms with Crippen LogP contribution < -0.4 is 16.2 Å². The summed E-state index contributed by atoms with van der Waals surface area (Å²) in [7, 11) is 0. The van der Waals surface area contributed by atoms with Gasteiger partial charge in [-0.2, -0.15) is 0 Å². The van der Waals surface area contributed by atoms with Crippen molar-refractivity contribution < 1.29 is 0 Å². The average molecular weight is 251 g/mol. The molecule has 1 fully saturated rings. The molecular weight excluding hydrogens is 230 g/mol. The second-order valence-electron chi connectivity index (χ2n) is 4.59. The minimum atomic E-state index is -0.0933. The van der Waals surface area contributed by atoms with Crippen LogP contribution in [-0.2, 0) is 0 Å². The molecule has 6 heteroatoms. The Labute approximate surface area is 107 Å². The van der Waals surface area contributed by atoms with Crippen molar-refractivity contribution in [3.8, 4) is 0 Å². The van der Waals surface area contributed by atoms with E-state index in [0.29, 0.717) is 0 Å². The molecule has 1 aromatic rings. The first-order chi connectivity index (χ1) is 8.79. The number of nitrogens with zero attached hydrogens (tertiary/aromatic N) is 3. The molecule has 0 atom stereocenters. The van der Waals surface area contributed by atoms with Crippen molar-refractivity contribution in [3.63, 3.8) is 0 Å². The predicted octanol–water partition coefficient (Wildman–Crippen LogP) is -0.369. The molecule has 1 aliphatic heterocycles. The number of aromatic amines is 1. The monoisotopic (exact) mass is 251 g/mol. The van der Waals surface area contributed by atoms with E-state index in [1.807, 2.05) is 0 Å². The number of anilines is 1. The van der Waals surface area contributed by atoms with Gasteiger partial charge in [0.05, 0.1) is 6.33 Å². The molecule has 18 heavy (non-hydrogen) atoms. The van der Waals surface area contributed by atoms with Crippen LogP contribution in [0.4, 0.5) is 5.82 Å². The maximum absolute atomic E-state index is 11.3. The number of nitrogens with two attached hydrogens (primary N) is 1. The van der Waals surface area contributed by atoms with Gasteiger partial charge in [-0.3, -0.25) is 4.79 Å². The Kier molecular flexibility index (Phi) is 4.72. The molecule has 6 nitrogen and oxygen atoms in total. The summed E-state index contributed by atoms with van der Waals surface area (Å²) in [6.45, 7) is 5.79. The van der Waals surface area contributed by atoms with Crippen LogP contribution >= 0.6 is 0 Å². The zero-order valence-corrected chi connectivity index (χ0v) is 10.6. The maximum atomic E-state index is 11.3. The number of hydrogen-bond acceptors (Lipinski definition) is 5. The molecule has 0 unspecified atom stereocenters. The molecule has 0 bridgehead atoms. The lowest BCUT2D eigenvalue weighted by Gasteiger charge is -2.22. The number of hydrogen-bond donors (Lipinski definition) is 2. The van der Waals surface area contributed by atoms with Crippen molar-refractivity contribution in [1.29, 1.82) is 0 Å². The summed E-state index contributed by atoms with van der Waals surface area (Å²) < 4.78 is 0. The van der Waals surface area contributed by atoms with Gasteiger partial charge in [0.2, 0.25) is 0 Å². The van der Waals surface area contributed by atoms with Crippen molar-refractivity contribution in [2.45, 2.75) is 12.8 Å². The Hall–Kier alpha value is -1.40. The van der Waals surface area contributed by atoms with E-state index in [2.05, 4.69) is 19.8 Å². The molecule has 0 spiro atoms. The molecule has 0 amide bonds. The van der Waals surface area contributed by atoms with E-state index in [1.165, 1.54) is 6.33 Å². The van der Waals surface area contributed by atoms with E-state index in [9.17, 15) is 4.79 Å². The largest absolute Gasteiger partial charge is 0.355 e. The molecule has 0 radical (unpaired) electrons. The van der Waals surface area contributed by atoms with E-state index < -0.39 is 0 Å². The van der Waals surface area contributed by atoms with Crippen molar-refractivity contribution in [2.24, 2.45) is 5.73 Å². The summed E-state index contributed by atoms with van der Waals surface area (Å²) in [5, 5.41) is 0. The SMILES string of the molecule is NCCCN1CCCN(c2cc(=O)[nH]cn2)CC1. The van der Waals surface area contributed by atoms with Gasteiger partial charge in [-0.15, -0.1) is 0 Å². The second-order valence-corrected chi connectivity index (χ2v) is 4.59. The van der Waals surface area contributed by atoms with Crippen LogP contribution in [0.2, 0.25) is 0 Å². The highest BCUT2D eigenvalue weighted by molar-refractivity contribution is 5.36. The van der Waals surface area contributed by atoms with E-state index in [1.54, 1.807) is 6.07 Å². The normalized spacial score (nSPS) is 17.7. The first-order valence-corrected chi connectivity index (χ1v) is 6.51. The second kappa shape index (κ2) is 6.51. The smallest absolute Gasteiger partial charge is 0.252 e. The fourth-order valence-electron chi connectivity index (χ4n) is 2.27. The van der Waals surface area contributed by atoms with Crippen molar-refractivity contribution in [2.75, 3.05) is 44.2 Å². The summed E-state index contributed by atoms with van der Waals surface area (Å²) >= 11 is 0. The first-order valence-electron chi connectivity index (χ1n) is 6.51. The summed E-state index contributed by atoms with van der Waals surface area (Å²) in [4.78, 5) is 22.7. The number of H-pyrrole nitrogens is 1. The average Bonchev–Trinajstić information content (AvgIpc) is 2.62. The summed E-state index contributed by atoms with van der Waals surface area (Å²) in [5.74, 6) is 0.777. The van der Waals surface area contributed by atoms with Gasteiger partial charge in [-0.1, -0.05) is 0 Å². The zero-order valence-electron chi connectivity index (χ0n) is 10.6. The molecule has 2 rings (SSSR count). The van der Waals surface area contributed by atoms with Crippen molar-refractivity contribution in [3.05, 3.63) is 22.7 Å². The molecule has 0 saturated carbocycles. The Morgan fingerprint density at radius 2 is 2.22 bits per heavy atom. The van der Waals surface area contributed by atoms with Crippen LogP contribution in [0.25, 0.3) is 0 Å². The Balaban J connectivity index is 1.94. The van der Waals surface area contributed by atoms with Crippen molar-refractivity contribution >= 4 is 5.82 Å². The van der Waals surface area contributed by atoms with Gasteiger partial charge in [-0.05, 0) is 32.5 Å². The van der Waals surface area contributed by atoms with Gasteiger partial charge in [0.25, 0.3) is 5.56 Å². The summed E-state index contributed by atoms with van der Waals surface area (Å²) in [6, 6.07) is 1.57. The van der Waals surface area contributed by atoms with Crippen molar-refractivity contribution in [1.82, 2.24) is 14.9 Å². The molecule has 100 valence electrons. The molecule has 3 N–H and O–H groups in total. The highest BCUT2D eigenvalue weighted by Crippen LogP contribution is 2.11. The third-order valence-corrected chi connectivity index (χ3v) is 3.25. The van der Waals surface area contributed by atoms with Crippen LogP contribution in [0.1, 0.15) is 12.8 Å². The predicted molar refractivity (Wildman–Crippen MR) is 71.8 cm³/mol. The topological polar surface area (TPSA) is 78.2 Å². The lowest BCUT2D eigenvalue weighted by Crippen LogP contribution is -2.32. The minimum Gasteiger partial charge on any atom is -0.355 e. The van der Waals surface area contributed by atoms with Gasteiger partial charge in [0, 0.05) is 25.7 Å². The molecular formula is C12H21N5O. The number of nitrogens with one attached hydrogen (secondary N) is 1. The van der Waals surface area contributed by atoms with Crippen LogP contribution in [0.5, 0.6) is 0 Å².